The van der Waals surface area contributed by atoms with E-state index in [1.54, 1.807) is 0 Å². The zero-order valence-electron chi connectivity index (χ0n) is 14.7. The van der Waals surface area contributed by atoms with E-state index in [0.717, 1.165) is 11.8 Å². The fourth-order valence-corrected chi connectivity index (χ4v) is 3.63. The molecule has 0 bridgehead atoms. The molecular formula is C18H21ClN2O4S. The molecule has 0 aliphatic carbocycles. The summed E-state index contributed by atoms with van der Waals surface area (Å²) in [6.07, 6.45) is 1.07. The van der Waals surface area contributed by atoms with Gasteiger partial charge in [-0.1, -0.05) is 41.9 Å². The van der Waals surface area contributed by atoms with Crippen molar-refractivity contribution in [3.05, 3.63) is 53.1 Å². The summed E-state index contributed by atoms with van der Waals surface area (Å²) in [6.45, 7) is 1.83. The maximum atomic E-state index is 12.2. The van der Waals surface area contributed by atoms with Crippen LogP contribution in [0.1, 0.15) is 18.5 Å². The Morgan fingerprint density at radius 1 is 1.23 bits per heavy atom. The van der Waals surface area contributed by atoms with Crippen LogP contribution in [0.5, 0.6) is 5.75 Å². The first-order chi connectivity index (χ1) is 12.2. The van der Waals surface area contributed by atoms with Crippen LogP contribution in [0.15, 0.2) is 47.4 Å². The second kappa shape index (κ2) is 8.42. The molecule has 140 valence electrons. The largest absolute Gasteiger partial charge is 0.493 e. The number of carbonyl (C=O) groups excluding carboxylic acids is 1. The van der Waals surface area contributed by atoms with Gasteiger partial charge in [-0.05, 0) is 24.6 Å². The molecule has 2 aromatic carbocycles. The molecule has 0 fully saturated rings. The van der Waals surface area contributed by atoms with Gasteiger partial charge in [0.15, 0.2) is 15.6 Å². The molecule has 26 heavy (non-hydrogen) atoms. The molecule has 8 heteroatoms. The summed E-state index contributed by atoms with van der Waals surface area (Å²) in [5.41, 5.74) is 1.32. The Hall–Kier alpha value is -2.25. The second-order valence-corrected chi connectivity index (χ2v) is 8.23. The van der Waals surface area contributed by atoms with E-state index < -0.39 is 9.84 Å². The molecule has 2 aromatic rings. The van der Waals surface area contributed by atoms with Crippen molar-refractivity contribution in [3.8, 4) is 5.75 Å². The predicted molar refractivity (Wildman–Crippen MR) is 103 cm³/mol. The van der Waals surface area contributed by atoms with Crippen molar-refractivity contribution >= 4 is 33.0 Å². The molecule has 1 unspecified atom stereocenters. The number of rotatable bonds is 7. The SMILES string of the molecule is COc1c(NCC(=O)NC(C)c2ccccc2)cc(Cl)cc1S(C)(=O)=O. The van der Waals surface area contributed by atoms with Crippen molar-refractivity contribution < 1.29 is 17.9 Å². The van der Waals surface area contributed by atoms with Gasteiger partial charge in [0, 0.05) is 11.3 Å². The molecule has 0 heterocycles. The van der Waals surface area contributed by atoms with Crippen molar-refractivity contribution in [3.63, 3.8) is 0 Å². The van der Waals surface area contributed by atoms with Crippen LogP contribution in [-0.2, 0) is 14.6 Å². The smallest absolute Gasteiger partial charge is 0.239 e. The highest BCUT2D eigenvalue weighted by Gasteiger charge is 2.20. The number of halogens is 1. The average molecular weight is 397 g/mol. The zero-order valence-corrected chi connectivity index (χ0v) is 16.3. The van der Waals surface area contributed by atoms with Crippen LogP contribution in [0.25, 0.3) is 0 Å². The number of ether oxygens (including phenoxy) is 1. The van der Waals surface area contributed by atoms with Gasteiger partial charge in [-0.25, -0.2) is 8.42 Å². The lowest BCUT2D eigenvalue weighted by molar-refractivity contribution is -0.120. The maximum Gasteiger partial charge on any atom is 0.239 e. The minimum absolute atomic E-state index is 0.0342. The van der Waals surface area contributed by atoms with Crippen molar-refractivity contribution in [2.45, 2.75) is 17.9 Å². The van der Waals surface area contributed by atoms with Gasteiger partial charge < -0.3 is 15.4 Å². The summed E-state index contributed by atoms with van der Waals surface area (Å²) >= 11 is 6.00. The van der Waals surface area contributed by atoms with Gasteiger partial charge in [0.1, 0.15) is 4.90 Å². The number of anilines is 1. The van der Waals surface area contributed by atoms with Gasteiger partial charge in [-0.15, -0.1) is 0 Å². The highest BCUT2D eigenvalue weighted by atomic mass is 35.5. The summed E-state index contributed by atoms with van der Waals surface area (Å²) in [4.78, 5) is 12.2. The van der Waals surface area contributed by atoms with Crippen molar-refractivity contribution in [2.24, 2.45) is 0 Å². The lowest BCUT2D eigenvalue weighted by Gasteiger charge is -2.17. The lowest BCUT2D eigenvalue weighted by Crippen LogP contribution is -2.32. The van der Waals surface area contributed by atoms with Crippen LogP contribution in [0.3, 0.4) is 0 Å². The van der Waals surface area contributed by atoms with Gasteiger partial charge in [-0.2, -0.15) is 0 Å². The Labute approximate surface area is 158 Å². The molecule has 0 saturated carbocycles. The first-order valence-corrected chi connectivity index (χ1v) is 10.1. The number of sulfone groups is 1. The van der Waals surface area contributed by atoms with E-state index in [4.69, 9.17) is 16.3 Å². The molecule has 0 spiro atoms. The van der Waals surface area contributed by atoms with Crippen LogP contribution < -0.4 is 15.4 Å². The molecule has 1 atom stereocenters. The third-order valence-electron chi connectivity index (χ3n) is 3.74. The standard InChI is InChI=1S/C18H21ClN2O4S/c1-12(13-7-5-4-6-8-13)21-17(22)11-20-15-9-14(19)10-16(18(15)25-2)26(3,23)24/h4-10,12,20H,11H2,1-3H3,(H,21,22). The normalized spacial score (nSPS) is 12.3. The zero-order chi connectivity index (χ0) is 19.3. The van der Waals surface area contributed by atoms with E-state index in [2.05, 4.69) is 10.6 Å². The van der Waals surface area contributed by atoms with Gasteiger partial charge in [-0.3, -0.25) is 4.79 Å². The van der Waals surface area contributed by atoms with Crippen LogP contribution in [-0.4, -0.2) is 34.2 Å². The van der Waals surface area contributed by atoms with Gasteiger partial charge >= 0.3 is 0 Å². The number of hydrogen-bond acceptors (Lipinski definition) is 5. The van der Waals surface area contributed by atoms with E-state index in [1.807, 2.05) is 37.3 Å². The molecule has 0 saturated heterocycles. The molecule has 1 amide bonds. The summed E-state index contributed by atoms with van der Waals surface area (Å²) < 4.78 is 29.0. The Kier molecular flexibility index (Phi) is 6.50. The van der Waals surface area contributed by atoms with Gasteiger partial charge in [0.2, 0.25) is 5.91 Å². The van der Waals surface area contributed by atoms with Gasteiger partial charge in [0.25, 0.3) is 0 Å². The Bertz CT molecular complexity index is 886. The second-order valence-electron chi connectivity index (χ2n) is 5.81. The lowest BCUT2D eigenvalue weighted by atomic mass is 10.1. The van der Waals surface area contributed by atoms with Crippen LogP contribution in [0.2, 0.25) is 5.02 Å². The van der Waals surface area contributed by atoms with Crippen molar-refractivity contribution in [2.75, 3.05) is 25.2 Å². The van der Waals surface area contributed by atoms with Crippen LogP contribution >= 0.6 is 11.6 Å². The molecule has 2 N–H and O–H groups in total. The first-order valence-electron chi connectivity index (χ1n) is 7.88. The van der Waals surface area contributed by atoms with Crippen molar-refractivity contribution in [1.29, 1.82) is 0 Å². The average Bonchev–Trinajstić information content (AvgIpc) is 2.59. The molecule has 2 rings (SSSR count). The topological polar surface area (TPSA) is 84.5 Å². The fraction of sp³-hybridized carbons (Fsp3) is 0.278. The molecule has 6 nitrogen and oxygen atoms in total. The van der Waals surface area contributed by atoms with Gasteiger partial charge in [0.05, 0.1) is 25.4 Å². The molecular weight excluding hydrogens is 376 g/mol. The van der Waals surface area contributed by atoms with E-state index in [0.29, 0.717) is 5.69 Å². The maximum absolute atomic E-state index is 12.2. The molecule has 0 aromatic heterocycles. The van der Waals surface area contributed by atoms with E-state index in [1.165, 1.54) is 19.2 Å². The van der Waals surface area contributed by atoms with E-state index >= 15 is 0 Å². The number of hydrogen-bond donors (Lipinski definition) is 2. The number of carbonyl (C=O) groups is 1. The Morgan fingerprint density at radius 2 is 1.88 bits per heavy atom. The summed E-state index contributed by atoms with van der Waals surface area (Å²) in [5, 5.41) is 5.99. The number of nitrogens with one attached hydrogen (secondary N) is 2. The van der Waals surface area contributed by atoms with Crippen LogP contribution in [0.4, 0.5) is 5.69 Å². The third-order valence-corrected chi connectivity index (χ3v) is 5.06. The minimum atomic E-state index is -3.53. The minimum Gasteiger partial charge on any atom is -0.493 e. The van der Waals surface area contributed by atoms with E-state index in [-0.39, 0.29) is 34.2 Å². The van der Waals surface area contributed by atoms with Crippen LogP contribution in [0, 0.1) is 0 Å². The third kappa shape index (κ3) is 5.12. The quantitative estimate of drug-likeness (QED) is 0.751. The number of amides is 1. The number of methoxy groups -OCH3 is 1. The summed E-state index contributed by atoms with van der Waals surface area (Å²) in [7, 11) is -2.17. The monoisotopic (exact) mass is 396 g/mol. The first kappa shape index (κ1) is 20.1. The molecule has 0 radical (unpaired) electrons. The van der Waals surface area contributed by atoms with Crippen molar-refractivity contribution in [1.82, 2.24) is 5.32 Å². The van der Waals surface area contributed by atoms with E-state index in [9.17, 15) is 13.2 Å². The highest BCUT2D eigenvalue weighted by molar-refractivity contribution is 7.90. The number of benzene rings is 2. The summed E-state index contributed by atoms with van der Waals surface area (Å²) in [6, 6.07) is 12.2. The molecule has 0 aliphatic heterocycles. The fourth-order valence-electron chi connectivity index (χ4n) is 2.48. The highest BCUT2D eigenvalue weighted by Crippen LogP contribution is 2.35. The summed E-state index contributed by atoms with van der Waals surface area (Å²) in [5.74, 6) is -0.120. The molecule has 0 aliphatic rings. The predicted octanol–water partition coefficient (Wildman–Crippen LogP) is 3.04. The Morgan fingerprint density at radius 3 is 2.46 bits per heavy atom. The Balaban J connectivity index is 2.11.